The molecule has 32 heavy (non-hydrogen) atoms. The fraction of sp³-hybridized carbons (Fsp3) is 0.227. The molecule has 4 aromatic rings. The predicted octanol–water partition coefficient (Wildman–Crippen LogP) is 2.83. The quantitative estimate of drug-likeness (QED) is 0.474. The maximum atomic E-state index is 13.2. The highest BCUT2D eigenvalue weighted by Crippen LogP contribution is 2.25. The molecule has 2 aromatic carbocycles. The number of hydrogen-bond acceptors (Lipinski definition) is 6. The molecule has 0 radical (unpaired) electrons. The highest BCUT2D eigenvalue weighted by atomic mass is 32.2. The zero-order chi connectivity index (χ0) is 22.1. The number of nitrogens with zero attached hydrogens (tertiary/aromatic N) is 6. The van der Waals surface area contributed by atoms with Crippen LogP contribution in [-0.2, 0) is 10.0 Å². The summed E-state index contributed by atoms with van der Waals surface area (Å²) >= 11 is 0. The van der Waals surface area contributed by atoms with E-state index in [0.717, 1.165) is 17.1 Å². The number of benzene rings is 2. The first-order valence-electron chi connectivity index (χ1n) is 10.3. The van der Waals surface area contributed by atoms with Gasteiger partial charge in [-0.25, -0.2) is 17.8 Å². The van der Waals surface area contributed by atoms with Gasteiger partial charge in [-0.2, -0.15) is 18.9 Å². The van der Waals surface area contributed by atoms with Crippen molar-refractivity contribution in [2.24, 2.45) is 0 Å². The molecule has 0 bridgehead atoms. The Kier molecular flexibility index (Phi) is 5.32. The van der Waals surface area contributed by atoms with Gasteiger partial charge in [-0.3, -0.25) is 0 Å². The molecule has 10 heteroatoms. The van der Waals surface area contributed by atoms with E-state index < -0.39 is 15.8 Å². The third kappa shape index (κ3) is 3.82. The van der Waals surface area contributed by atoms with Crippen LogP contribution in [0.25, 0.3) is 17.0 Å². The minimum atomic E-state index is -3.70. The summed E-state index contributed by atoms with van der Waals surface area (Å²) in [5, 5.41) is 4.32. The van der Waals surface area contributed by atoms with Crippen LogP contribution in [-0.4, -0.2) is 58.5 Å². The Morgan fingerprint density at radius 2 is 1.69 bits per heavy atom. The molecule has 0 aliphatic carbocycles. The van der Waals surface area contributed by atoms with Gasteiger partial charge in [0.15, 0.2) is 0 Å². The number of anilines is 1. The van der Waals surface area contributed by atoms with E-state index in [4.69, 9.17) is 0 Å². The number of rotatable bonds is 4. The molecule has 0 atom stereocenters. The minimum absolute atomic E-state index is 0.0984. The molecule has 1 fully saturated rings. The van der Waals surface area contributed by atoms with E-state index in [9.17, 15) is 12.8 Å². The molecule has 2 aromatic heterocycles. The Morgan fingerprint density at radius 1 is 0.906 bits per heavy atom. The second-order valence-corrected chi connectivity index (χ2v) is 9.47. The van der Waals surface area contributed by atoms with E-state index in [1.807, 2.05) is 36.4 Å². The van der Waals surface area contributed by atoms with Gasteiger partial charge in [0.1, 0.15) is 18.0 Å². The average Bonchev–Trinajstić information content (AvgIpc) is 3.14. The molecule has 164 valence electrons. The van der Waals surface area contributed by atoms with Crippen LogP contribution in [0.1, 0.15) is 6.42 Å². The molecule has 1 aliphatic heterocycles. The minimum Gasteiger partial charge on any atom is -0.355 e. The normalized spacial score (nSPS) is 15.7. The molecule has 0 N–H and O–H groups in total. The van der Waals surface area contributed by atoms with Crippen molar-refractivity contribution in [1.29, 1.82) is 0 Å². The Bertz CT molecular complexity index is 1340. The highest BCUT2D eigenvalue weighted by Gasteiger charge is 2.28. The summed E-state index contributed by atoms with van der Waals surface area (Å²) in [5.74, 6) is 0.837. The van der Waals surface area contributed by atoms with Crippen molar-refractivity contribution < 1.29 is 12.8 Å². The van der Waals surface area contributed by atoms with Crippen LogP contribution < -0.4 is 4.90 Å². The maximum absolute atomic E-state index is 13.2. The van der Waals surface area contributed by atoms with E-state index in [-0.39, 0.29) is 4.90 Å². The summed E-state index contributed by atoms with van der Waals surface area (Å²) in [6, 6.07) is 16.7. The SMILES string of the molecule is O=S(=O)(c1ccc(F)cc1)N1CCCN(c2cc(-c3ccccc3)nc3ncnn23)CC1. The van der Waals surface area contributed by atoms with Crippen LogP contribution in [0, 0.1) is 5.82 Å². The topological polar surface area (TPSA) is 83.7 Å². The third-order valence-corrected chi connectivity index (χ3v) is 7.45. The zero-order valence-corrected chi connectivity index (χ0v) is 18.0. The lowest BCUT2D eigenvalue weighted by Gasteiger charge is -2.24. The summed E-state index contributed by atoms with van der Waals surface area (Å²) < 4.78 is 42.5. The Balaban J connectivity index is 1.44. The van der Waals surface area contributed by atoms with Gasteiger partial charge >= 0.3 is 0 Å². The van der Waals surface area contributed by atoms with Crippen LogP contribution >= 0.6 is 0 Å². The Morgan fingerprint density at radius 3 is 2.47 bits per heavy atom. The lowest BCUT2D eigenvalue weighted by atomic mass is 10.1. The summed E-state index contributed by atoms with van der Waals surface area (Å²) in [6.45, 7) is 1.82. The molecule has 8 nitrogen and oxygen atoms in total. The van der Waals surface area contributed by atoms with Gasteiger partial charge < -0.3 is 4.90 Å². The van der Waals surface area contributed by atoms with Crippen LogP contribution in [0.4, 0.5) is 10.2 Å². The molecular weight excluding hydrogens is 431 g/mol. The largest absolute Gasteiger partial charge is 0.355 e. The number of aromatic nitrogens is 4. The van der Waals surface area contributed by atoms with Gasteiger partial charge in [-0.05, 0) is 30.7 Å². The Hall–Kier alpha value is -3.37. The van der Waals surface area contributed by atoms with E-state index >= 15 is 0 Å². The summed E-state index contributed by atoms with van der Waals surface area (Å²) in [6.07, 6.45) is 2.10. The van der Waals surface area contributed by atoms with Crippen molar-refractivity contribution in [2.75, 3.05) is 31.1 Å². The first-order valence-corrected chi connectivity index (χ1v) is 11.7. The van der Waals surface area contributed by atoms with Crippen LogP contribution in [0.5, 0.6) is 0 Å². The summed E-state index contributed by atoms with van der Waals surface area (Å²) in [5.41, 5.74) is 1.75. The molecule has 1 saturated heterocycles. The van der Waals surface area contributed by atoms with Crippen LogP contribution in [0.15, 0.2) is 71.9 Å². The van der Waals surface area contributed by atoms with Gasteiger partial charge in [-0.1, -0.05) is 30.3 Å². The molecule has 0 spiro atoms. The van der Waals surface area contributed by atoms with E-state index in [2.05, 4.69) is 20.0 Å². The van der Waals surface area contributed by atoms with Crippen LogP contribution in [0.3, 0.4) is 0 Å². The lowest BCUT2D eigenvalue weighted by Crippen LogP contribution is -2.35. The molecule has 5 rings (SSSR count). The standard InChI is InChI=1S/C22H21FN6O2S/c23-18-7-9-19(10-8-18)32(30,31)28-12-4-11-27(13-14-28)21-15-20(17-5-2-1-3-6-17)26-22-24-16-25-29(21)22/h1-3,5-10,15-16H,4,11-14H2. The van der Waals surface area contributed by atoms with Crippen molar-refractivity contribution in [3.8, 4) is 11.3 Å². The molecular formula is C22H21FN6O2S. The number of sulfonamides is 1. The second kappa shape index (κ2) is 8.29. The zero-order valence-electron chi connectivity index (χ0n) is 17.2. The van der Waals surface area contributed by atoms with Gasteiger partial charge in [0.25, 0.3) is 5.78 Å². The van der Waals surface area contributed by atoms with Crippen molar-refractivity contribution >= 4 is 21.6 Å². The molecule has 0 saturated carbocycles. The van der Waals surface area contributed by atoms with Crippen LogP contribution in [0.2, 0.25) is 0 Å². The van der Waals surface area contributed by atoms with E-state index in [1.165, 1.54) is 34.9 Å². The third-order valence-electron chi connectivity index (χ3n) is 5.53. The van der Waals surface area contributed by atoms with Crippen molar-refractivity contribution in [2.45, 2.75) is 11.3 Å². The van der Waals surface area contributed by atoms with Gasteiger partial charge in [0, 0.05) is 37.8 Å². The lowest BCUT2D eigenvalue weighted by molar-refractivity contribution is 0.433. The van der Waals surface area contributed by atoms with E-state index in [0.29, 0.717) is 38.4 Å². The fourth-order valence-electron chi connectivity index (χ4n) is 3.90. The van der Waals surface area contributed by atoms with Crippen molar-refractivity contribution in [1.82, 2.24) is 23.9 Å². The molecule has 1 aliphatic rings. The first-order chi connectivity index (χ1) is 15.5. The van der Waals surface area contributed by atoms with Gasteiger partial charge in [-0.15, -0.1) is 0 Å². The number of fused-ring (bicyclic) bond motifs is 1. The fourth-order valence-corrected chi connectivity index (χ4v) is 5.37. The maximum Gasteiger partial charge on any atom is 0.254 e. The average molecular weight is 453 g/mol. The summed E-state index contributed by atoms with van der Waals surface area (Å²) in [4.78, 5) is 11.1. The molecule has 0 amide bonds. The smallest absolute Gasteiger partial charge is 0.254 e. The first kappa shape index (κ1) is 20.5. The predicted molar refractivity (Wildman–Crippen MR) is 118 cm³/mol. The van der Waals surface area contributed by atoms with Crippen molar-refractivity contribution in [3.05, 3.63) is 72.8 Å². The number of hydrogen-bond donors (Lipinski definition) is 0. The highest BCUT2D eigenvalue weighted by molar-refractivity contribution is 7.89. The van der Waals surface area contributed by atoms with Gasteiger partial charge in [0.2, 0.25) is 10.0 Å². The van der Waals surface area contributed by atoms with Crippen molar-refractivity contribution in [3.63, 3.8) is 0 Å². The van der Waals surface area contributed by atoms with Gasteiger partial charge in [0.05, 0.1) is 10.6 Å². The number of halogens is 1. The molecule has 3 heterocycles. The second-order valence-electron chi connectivity index (χ2n) is 7.54. The monoisotopic (exact) mass is 452 g/mol. The Labute approximate surface area is 185 Å². The summed E-state index contributed by atoms with van der Waals surface area (Å²) in [7, 11) is -3.70. The molecule has 0 unspecified atom stereocenters. The van der Waals surface area contributed by atoms with E-state index in [1.54, 1.807) is 4.52 Å².